The fourth-order valence-electron chi connectivity index (χ4n) is 2.81. The monoisotopic (exact) mass is 409 g/mol. The minimum atomic E-state index is -0.187. The molecule has 0 fully saturated rings. The Hall–Kier alpha value is -2.77. The molecule has 0 saturated heterocycles. The molecule has 0 atom stereocenters. The lowest BCUT2D eigenvalue weighted by Crippen LogP contribution is -2.11. The van der Waals surface area contributed by atoms with Crippen LogP contribution < -0.4 is 10.1 Å². The highest BCUT2D eigenvalue weighted by atomic mass is 32.1. The first-order chi connectivity index (χ1) is 13.5. The molecule has 0 aliphatic rings. The maximum absolute atomic E-state index is 12.7. The summed E-state index contributed by atoms with van der Waals surface area (Å²) in [5.41, 5.74) is 3.89. The van der Waals surface area contributed by atoms with Crippen LogP contribution in [-0.2, 0) is 6.61 Å². The van der Waals surface area contributed by atoms with Crippen LogP contribution in [0, 0.1) is 20.8 Å². The maximum atomic E-state index is 12.7. The molecule has 4 rings (SSSR count). The highest BCUT2D eigenvalue weighted by Crippen LogP contribution is 2.28. The van der Waals surface area contributed by atoms with Crippen LogP contribution in [0.3, 0.4) is 0 Å². The summed E-state index contributed by atoms with van der Waals surface area (Å²) in [4.78, 5) is 22.2. The number of ether oxygens (including phenoxy) is 1. The lowest BCUT2D eigenvalue weighted by atomic mass is 10.2. The van der Waals surface area contributed by atoms with Gasteiger partial charge in [-0.1, -0.05) is 29.5 Å². The molecule has 4 aromatic rings. The molecule has 1 N–H and O–H groups in total. The van der Waals surface area contributed by atoms with E-state index in [1.165, 1.54) is 28.2 Å². The van der Waals surface area contributed by atoms with Gasteiger partial charge in [-0.25, -0.2) is 9.97 Å². The first kappa shape index (κ1) is 18.6. The van der Waals surface area contributed by atoms with E-state index in [0.717, 1.165) is 26.5 Å². The molecule has 2 aromatic heterocycles. The number of thiazole rings is 2. The van der Waals surface area contributed by atoms with Gasteiger partial charge < -0.3 is 4.74 Å². The van der Waals surface area contributed by atoms with Crippen molar-refractivity contribution < 1.29 is 9.53 Å². The van der Waals surface area contributed by atoms with E-state index < -0.39 is 0 Å². The van der Waals surface area contributed by atoms with Gasteiger partial charge in [0.1, 0.15) is 22.2 Å². The highest BCUT2D eigenvalue weighted by molar-refractivity contribution is 7.22. The fourth-order valence-corrected chi connectivity index (χ4v) is 4.65. The Morgan fingerprint density at radius 1 is 1.04 bits per heavy atom. The summed E-state index contributed by atoms with van der Waals surface area (Å²) >= 11 is 2.82. The van der Waals surface area contributed by atoms with E-state index in [1.54, 1.807) is 0 Å². The van der Waals surface area contributed by atoms with E-state index in [9.17, 15) is 4.79 Å². The van der Waals surface area contributed by atoms with Crippen LogP contribution in [0.15, 0.2) is 42.5 Å². The second kappa shape index (κ2) is 7.69. The number of nitrogens with zero attached hydrogens (tertiary/aromatic N) is 2. The predicted octanol–water partition coefficient (Wildman–Crippen LogP) is 5.51. The van der Waals surface area contributed by atoms with E-state index in [-0.39, 0.29) is 5.91 Å². The van der Waals surface area contributed by atoms with E-state index in [4.69, 9.17) is 4.74 Å². The molecule has 142 valence electrons. The molecule has 5 nitrogen and oxygen atoms in total. The molecule has 1 amide bonds. The number of aryl methyl sites for hydroxylation is 3. The third-order valence-corrected chi connectivity index (χ3v) is 6.23. The number of benzene rings is 2. The molecular weight excluding hydrogens is 390 g/mol. The van der Waals surface area contributed by atoms with Crippen molar-refractivity contribution in [2.45, 2.75) is 27.4 Å². The predicted molar refractivity (Wildman–Crippen MR) is 115 cm³/mol. The zero-order chi connectivity index (χ0) is 19.7. The van der Waals surface area contributed by atoms with Crippen LogP contribution >= 0.6 is 22.7 Å². The highest BCUT2D eigenvalue weighted by Gasteiger charge is 2.17. The lowest BCUT2D eigenvalue weighted by Gasteiger charge is -2.04. The number of amides is 1. The van der Waals surface area contributed by atoms with Crippen molar-refractivity contribution >= 4 is 43.9 Å². The SMILES string of the molecule is Cc1cccc(OCc2nc(C)c(C(=O)Nc3nc4ccc(C)cc4s3)s2)c1. The second-order valence-corrected chi connectivity index (χ2v) is 8.69. The van der Waals surface area contributed by atoms with E-state index in [1.807, 2.05) is 57.2 Å². The van der Waals surface area contributed by atoms with Crippen LogP contribution in [0.4, 0.5) is 5.13 Å². The number of carbonyl (C=O) groups is 1. The summed E-state index contributed by atoms with van der Waals surface area (Å²) < 4.78 is 6.86. The minimum Gasteiger partial charge on any atom is -0.486 e. The minimum absolute atomic E-state index is 0.187. The van der Waals surface area contributed by atoms with Gasteiger partial charge in [-0.2, -0.15) is 0 Å². The van der Waals surface area contributed by atoms with Gasteiger partial charge in [0.2, 0.25) is 0 Å². The van der Waals surface area contributed by atoms with Crippen LogP contribution in [0.5, 0.6) is 5.75 Å². The Morgan fingerprint density at radius 3 is 2.68 bits per heavy atom. The van der Waals surface area contributed by atoms with Crippen molar-refractivity contribution in [3.8, 4) is 5.75 Å². The van der Waals surface area contributed by atoms with Crippen LogP contribution in [0.25, 0.3) is 10.2 Å². The van der Waals surface area contributed by atoms with Crippen molar-refractivity contribution in [1.29, 1.82) is 0 Å². The third-order valence-electron chi connectivity index (χ3n) is 4.16. The second-order valence-electron chi connectivity index (χ2n) is 6.57. The average molecular weight is 410 g/mol. The zero-order valence-corrected chi connectivity index (χ0v) is 17.4. The Balaban J connectivity index is 1.46. The van der Waals surface area contributed by atoms with E-state index in [0.29, 0.717) is 22.3 Å². The van der Waals surface area contributed by atoms with Gasteiger partial charge in [-0.15, -0.1) is 11.3 Å². The smallest absolute Gasteiger partial charge is 0.269 e. The van der Waals surface area contributed by atoms with E-state index >= 15 is 0 Å². The molecule has 2 aromatic carbocycles. The average Bonchev–Trinajstić information content (AvgIpc) is 3.22. The molecule has 0 radical (unpaired) electrons. The third kappa shape index (κ3) is 4.05. The topological polar surface area (TPSA) is 64.1 Å². The normalized spacial score (nSPS) is 11.0. The summed E-state index contributed by atoms with van der Waals surface area (Å²) in [5, 5.41) is 4.26. The number of rotatable bonds is 5. The number of carbonyl (C=O) groups excluding carboxylic acids is 1. The summed E-state index contributed by atoms with van der Waals surface area (Å²) in [6.45, 7) is 6.23. The maximum Gasteiger partial charge on any atom is 0.269 e. The molecule has 28 heavy (non-hydrogen) atoms. The van der Waals surface area contributed by atoms with Gasteiger partial charge in [0.05, 0.1) is 15.9 Å². The van der Waals surface area contributed by atoms with Crippen molar-refractivity contribution in [3.05, 3.63) is 69.2 Å². The number of anilines is 1. The number of hydrogen-bond donors (Lipinski definition) is 1. The summed E-state index contributed by atoms with van der Waals surface area (Å²) in [6, 6.07) is 13.9. The molecule has 0 saturated carbocycles. The molecule has 0 aliphatic carbocycles. The van der Waals surface area contributed by atoms with Crippen molar-refractivity contribution in [3.63, 3.8) is 0 Å². The zero-order valence-electron chi connectivity index (χ0n) is 15.8. The molecule has 0 spiro atoms. The first-order valence-electron chi connectivity index (χ1n) is 8.82. The summed E-state index contributed by atoms with van der Waals surface area (Å²) in [5.74, 6) is 0.608. The standard InChI is InChI=1S/C21H19N3O2S2/c1-12-5-4-6-15(9-12)26-11-18-22-14(3)19(28-18)20(25)24-21-23-16-8-7-13(2)10-17(16)27-21/h4-10H,11H2,1-3H3,(H,23,24,25). The van der Waals surface area contributed by atoms with Crippen molar-refractivity contribution in [2.24, 2.45) is 0 Å². The van der Waals surface area contributed by atoms with Gasteiger partial charge in [0.25, 0.3) is 5.91 Å². The van der Waals surface area contributed by atoms with Gasteiger partial charge in [0.15, 0.2) is 5.13 Å². The molecule has 0 bridgehead atoms. The number of nitrogens with one attached hydrogen (secondary N) is 1. The van der Waals surface area contributed by atoms with Crippen LogP contribution in [0.2, 0.25) is 0 Å². The quantitative estimate of drug-likeness (QED) is 0.472. The Labute approximate surface area is 171 Å². The fraction of sp³-hybridized carbons (Fsp3) is 0.190. The molecule has 7 heteroatoms. The number of fused-ring (bicyclic) bond motifs is 1. The van der Waals surface area contributed by atoms with Crippen molar-refractivity contribution in [2.75, 3.05) is 5.32 Å². The molecular formula is C21H19N3O2S2. The van der Waals surface area contributed by atoms with Crippen LogP contribution in [-0.4, -0.2) is 15.9 Å². The molecule has 0 unspecified atom stereocenters. The molecule has 2 heterocycles. The number of hydrogen-bond acceptors (Lipinski definition) is 6. The molecule has 0 aliphatic heterocycles. The first-order valence-corrected chi connectivity index (χ1v) is 10.5. The largest absolute Gasteiger partial charge is 0.486 e. The lowest BCUT2D eigenvalue weighted by molar-refractivity contribution is 0.103. The Bertz CT molecular complexity index is 1160. The summed E-state index contributed by atoms with van der Waals surface area (Å²) in [6.07, 6.45) is 0. The van der Waals surface area contributed by atoms with Gasteiger partial charge in [-0.05, 0) is 56.2 Å². The van der Waals surface area contributed by atoms with E-state index in [2.05, 4.69) is 21.4 Å². The van der Waals surface area contributed by atoms with Gasteiger partial charge in [-0.3, -0.25) is 10.1 Å². The van der Waals surface area contributed by atoms with Gasteiger partial charge in [0, 0.05) is 0 Å². The Morgan fingerprint density at radius 2 is 1.86 bits per heavy atom. The number of aromatic nitrogens is 2. The Kier molecular flexibility index (Phi) is 5.11. The summed E-state index contributed by atoms with van der Waals surface area (Å²) in [7, 11) is 0. The van der Waals surface area contributed by atoms with Crippen molar-refractivity contribution in [1.82, 2.24) is 9.97 Å². The van der Waals surface area contributed by atoms with Gasteiger partial charge >= 0.3 is 0 Å². The van der Waals surface area contributed by atoms with Crippen LogP contribution in [0.1, 0.15) is 31.5 Å².